The molecule has 1 heterocycles. The van der Waals surface area contributed by atoms with E-state index in [0.717, 1.165) is 61.5 Å². The molecule has 4 nitrogen and oxygen atoms in total. The van der Waals surface area contributed by atoms with Crippen molar-refractivity contribution in [1.82, 2.24) is 4.57 Å². The number of benzene rings is 8. The fourth-order valence-electron chi connectivity index (χ4n) is 8.01. The van der Waals surface area contributed by atoms with Crippen LogP contribution in [0.2, 0.25) is 0 Å². The van der Waals surface area contributed by atoms with Crippen LogP contribution in [0.4, 0.5) is 17.1 Å². The van der Waals surface area contributed by atoms with Crippen LogP contribution in [0, 0.1) is 0 Å². The Hall–Kier alpha value is -6.85. The maximum absolute atomic E-state index is 11.0. The molecule has 0 aliphatic carbocycles. The van der Waals surface area contributed by atoms with Crippen LogP contribution in [0.3, 0.4) is 0 Å². The first-order valence-electron chi connectivity index (χ1n) is 18.6. The summed E-state index contributed by atoms with van der Waals surface area (Å²) in [5, 5.41) is 24.2. The molecular formula is C48H37B3N2O2. The molecule has 0 aliphatic rings. The van der Waals surface area contributed by atoms with E-state index >= 15 is 0 Å². The van der Waals surface area contributed by atoms with E-state index in [-0.39, 0.29) is 11.5 Å². The minimum atomic E-state index is -0.0970. The largest absolute Gasteiger partial charge is 0.505 e. The van der Waals surface area contributed by atoms with Gasteiger partial charge >= 0.3 is 0 Å². The summed E-state index contributed by atoms with van der Waals surface area (Å²) in [6.07, 6.45) is 0. The molecule has 2 N–H and O–H groups in total. The van der Waals surface area contributed by atoms with Crippen LogP contribution < -0.4 is 21.3 Å². The van der Waals surface area contributed by atoms with E-state index in [1.54, 1.807) is 0 Å². The van der Waals surface area contributed by atoms with Gasteiger partial charge in [-0.15, -0.1) is 0 Å². The number of rotatable bonds is 7. The standard InChI is InChI=1S/C48H37B3N2O2/c49-43-44(50)47(54)48(55)45(51)46(43)52(36-18-8-3-9-19-36)37-20-12-17-32(26-37)33-23-24-40-39-21-10-11-22-41(39)53(42(40)29-33)38-27-34(30-13-4-1-5-14-30)25-35(28-38)31-15-6-2-7-16-31/h1-29,54-55H,49-51H2. The first-order chi connectivity index (χ1) is 26.9. The summed E-state index contributed by atoms with van der Waals surface area (Å²) >= 11 is 0. The zero-order chi connectivity index (χ0) is 37.6. The van der Waals surface area contributed by atoms with E-state index in [9.17, 15) is 10.2 Å². The highest BCUT2D eigenvalue weighted by Gasteiger charge is 2.23. The van der Waals surface area contributed by atoms with E-state index in [0.29, 0.717) is 10.9 Å². The lowest BCUT2D eigenvalue weighted by Crippen LogP contribution is -2.37. The summed E-state index contributed by atoms with van der Waals surface area (Å²) in [5.41, 5.74) is 15.1. The fourth-order valence-corrected chi connectivity index (χ4v) is 8.01. The minimum Gasteiger partial charge on any atom is -0.505 e. The Labute approximate surface area is 323 Å². The van der Waals surface area contributed by atoms with Crippen LogP contribution in [-0.4, -0.2) is 38.3 Å². The van der Waals surface area contributed by atoms with E-state index in [1.165, 1.54) is 21.9 Å². The van der Waals surface area contributed by atoms with Gasteiger partial charge in [-0.1, -0.05) is 127 Å². The third-order valence-electron chi connectivity index (χ3n) is 10.9. The van der Waals surface area contributed by atoms with Crippen molar-refractivity contribution < 1.29 is 10.2 Å². The lowest BCUT2D eigenvalue weighted by Gasteiger charge is -2.31. The van der Waals surface area contributed by atoms with Crippen LogP contribution in [0.25, 0.3) is 60.9 Å². The highest BCUT2D eigenvalue weighted by atomic mass is 16.3. The highest BCUT2D eigenvalue weighted by Crippen LogP contribution is 2.40. The summed E-state index contributed by atoms with van der Waals surface area (Å²) in [6.45, 7) is 0. The topological polar surface area (TPSA) is 48.6 Å². The smallest absolute Gasteiger partial charge is 0.152 e. The van der Waals surface area contributed by atoms with Crippen LogP contribution in [0.1, 0.15) is 0 Å². The first kappa shape index (κ1) is 34.0. The van der Waals surface area contributed by atoms with Gasteiger partial charge in [-0.3, -0.25) is 0 Å². The lowest BCUT2D eigenvalue weighted by molar-refractivity contribution is 0.410. The number of anilines is 3. The Balaban J connectivity index is 1.25. The maximum Gasteiger partial charge on any atom is 0.152 e. The van der Waals surface area contributed by atoms with Crippen molar-refractivity contribution in [2.24, 2.45) is 0 Å². The number of aromatic hydroxyl groups is 2. The molecule has 260 valence electrons. The number of phenols is 2. The fraction of sp³-hybridized carbons (Fsp3) is 0. The summed E-state index contributed by atoms with van der Waals surface area (Å²) in [6, 6.07) is 62.3. The van der Waals surface area contributed by atoms with Crippen molar-refractivity contribution in [3.05, 3.63) is 176 Å². The molecule has 9 rings (SSSR count). The van der Waals surface area contributed by atoms with Crippen LogP contribution in [-0.2, 0) is 0 Å². The Morgan fingerprint density at radius 2 is 0.909 bits per heavy atom. The zero-order valence-corrected chi connectivity index (χ0v) is 31.0. The molecule has 0 saturated heterocycles. The third-order valence-corrected chi connectivity index (χ3v) is 10.9. The molecule has 8 aromatic carbocycles. The molecule has 0 amide bonds. The SMILES string of the molecule is Bc1c(B)c(N(c2ccccc2)c2cccc(-c3ccc4c5ccccc5n(-c5cc(-c6ccccc6)cc(-c6ccccc6)c5)c4c3)c2)c(B)c(O)c1O. The number of hydrogen-bond acceptors (Lipinski definition) is 3. The van der Waals surface area contributed by atoms with Crippen molar-refractivity contribution in [3.63, 3.8) is 0 Å². The zero-order valence-electron chi connectivity index (χ0n) is 31.0. The van der Waals surface area contributed by atoms with E-state index in [2.05, 4.69) is 167 Å². The summed E-state index contributed by atoms with van der Waals surface area (Å²) in [7, 11) is 5.71. The Morgan fingerprint density at radius 3 is 1.58 bits per heavy atom. The molecule has 0 atom stereocenters. The summed E-state index contributed by atoms with van der Waals surface area (Å²) < 4.78 is 2.40. The monoisotopic (exact) mass is 706 g/mol. The van der Waals surface area contributed by atoms with Gasteiger partial charge < -0.3 is 19.7 Å². The molecular weight excluding hydrogens is 669 g/mol. The maximum atomic E-state index is 11.0. The predicted molar refractivity (Wildman–Crippen MR) is 240 cm³/mol. The lowest BCUT2D eigenvalue weighted by atomic mass is 9.73. The molecule has 0 bridgehead atoms. The number of hydrogen-bond donors (Lipinski definition) is 2. The third kappa shape index (κ3) is 5.95. The number of aromatic nitrogens is 1. The van der Waals surface area contributed by atoms with E-state index < -0.39 is 0 Å². The van der Waals surface area contributed by atoms with Crippen molar-refractivity contribution in [2.45, 2.75) is 0 Å². The molecule has 9 aromatic rings. The Bertz CT molecular complexity index is 2790. The molecule has 0 saturated carbocycles. The second kappa shape index (κ2) is 13.9. The second-order valence-electron chi connectivity index (χ2n) is 14.2. The van der Waals surface area contributed by atoms with Crippen molar-refractivity contribution in [1.29, 1.82) is 0 Å². The van der Waals surface area contributed by atoms with Crippen LogP contribution >= 0.6 is 0 Å². The van der Waals surface area contributed by atoms with Gasteiger partial charge in [-0.2, -0.15) is 0 Å². The van der Waals surface area contributed by atoms with E-state index in [4.69, 9.17) is 0 Å². The van der Waals surface area contributed by atoms with Gasteiger partial charge in [0, 0.05) is 33.5 Å². The summed E-state index contributed by atoms with van der Waals surface area (Å²) in [4.78, 5) is 2.18. The van der Waals surface area contributed by atoms with Gasteiger partial charge in [0.15, 0.2) is 5.75 Å². The molecule has 0 spiro atoms. The Morgan fingerprint density at radius 1 is 0.382 bits per heavy atom. The number of phenolic OH excluding ortho intramolecular Hbond substituents is 2. The van der Waals surface area contributed by atoms with Crippen molar-refractivity contribution in [2.75, 3.05) is 4.90 Å². The average Bonchev–Trinajstić information content (AvgIpc) is 3.58. The van der Waals surface area contributed by atoms with Crippen molar-refractivity contribution in [3.8, 4) is 50.6 Å². The molecule has 0 fully saturated rings. The van der Waals surface area contributed by atoms with Gasteiger partial charge in [-0.05, 0) is 98.9 Å². The molecule has 0 aliphatic heterocycles. The average molecular weight is 706 g/mol. The first-order valence-corrected chi connectivity index (χ1v) is 18.6. The molecule has 7 heteroatoms. The molecule has 1 aromatic heterocycles. The van der Waals surface area contributed by atoms with Crippen LogP contribution in [0.5, 0.6) is 11.5 Å². The number of para-hydroxylation sites is 2. The number of fused-ring (bicyclic) bond motifs is 3. The Kier molecular flexibility index (Phi) is 8.55. The summed E-state index contributed by atoms with van der Waals surface area (Å²) in [5.74, 6) is -0.172. The van der Waals surface area contributed by atoms with Gasteiger partial charge in [0.1, 0.15) is 29.3 Å². The van der Waals surface area contributed by atoms with Gasteiger partial charge in [0.25, 0.3) is 0 Å². The van der Waals surface area contributed by atoms with Gasteiger partial charge in [0.05, 0.1) is 11.0 Å². The number of nitrogens with zero attached hydrogens (tertiary/aromatic N) is 2. The van der Waals surface area contributed by atoms with Gasteiger partial charge in [0.2, 0.25) is 0 Å². The van der Waals surface area contributed by atoms with Crippen LogP contribution in [0.15, 0.2) is 176 Å². The van der Waals surface area contributed by atoms with Gasteiger partial charge in [-0.25, -0.2) is 0 Å². The predicted octanol–water partition coefficient (Wildman–Crippen LogP) is 7.44. The minimum absolute atomic E-state index is 0.0746. The second-order valence-corrected chi connectivity index (χ2v) is 14.2. The normalized spacial score (nSPS) is 11.3. The molecule has 55 heavy (non-hydrogen) atoms. The molecule has 0 radical (unpaired) electrons. The molecule has 0 unspecified atom stereocenters. The quantitative estimate of drug-likeness (QED) is 0.134. The highest BCUT2D eigenvalue weighted by molar-refractivity contribution is 6.56. The van der Waals surface area contributed by atoms with Crippen molar-refractivity contribution >= 4 is 78.8 Å². The van der Waals surface area contributed by atoms with E-state index in [1.807, 2.05) is 41.7 Å².